The molecule has 1 aliphatic heterocycles. The van der Waals surface area contributed by atoms with Gasteiger partial charge in [-0.1, -0.05) is 29.8 Å². The highest BCUT2D eigenvalue weighted by molar-refractivity contribution is 9.10. The molecule has 1 N–H and O–H groups in total. The van der Waals surface area contributed by atoms with E-state index in [0.29, 0.717) is 18.8 Å². The average Bonchev–Trinajstić information content (AvgIpc) is 2.68. The Bertz CT molecular complexity index is 982. The largest absolute Gasteiger partial charge is 0.495 e. The van der Waals surface area contributed by atoms with Crippen LogP contribution in [-0.4, -0.2) is 38.8 Å². The Morgan fingerprint density at radius 3 is 2.31 bits per heavy atom. The summed E-state index contributed by atoms with van der Waals surface area (Å²) in [6, 6.07) is 11.6. The quantitative estimate of drug-likeness (QED) is 0.688. The Labute approximate surface area is 180 Å². The predicted octanol–water partition coefficient (Wildman–Crippen LogP) is 4.38. The van der Waals surface area contributed by atoms with Gasteiger partial charge in [0.2, 0.25) is 10.0 Å². The number of carbonyl (C=O) groups is 1. The van der Waals surface area contributed by atoms with E-state index in [0.717, 1.165) is 10.9 Å². The maximum absolute atomic E-state index is 13.3. The first-order valence-electron chi connectivity index (χ1n) is 9.46. The summed E-state index contributed by atoms with van der Waals surface area (Å²) in [5.41, 5.74) is 0.877. The third kappa shape index (κ3) is 4.99. The number of benzene rings is 2. The molecule has 0 saturated carbocycles. The molecule has 1 heterocycles. The number of nitrogens with zero attached hydrogens (tertiary/aromatic N) is 1. The van der Waals surface area contributed by atoms with Crippen LogP contribution >= 0.6 is 15.9 Å². The lowest BCUT2D eigenvalue weighted by atomic mass is 9.94. The van der Waals surface area contributed by atoms with Crippen LogP contribution in [0.3, 0.4) is 0 Å². The van der Waals surface area contributed by atoms with E-state index in [-0.39, 0.29) is 34.0 Å². The molecule has 8 heteroatoms. The van der Waals surface area contributed by atoms with Crippen molar-refractivity contribution in [3.8, 4) is 5.75 Å². The first-order valence-corrected chi connectivity index (χ1v) is 11.7. The lowest BCUT2D eigenvalue weighted by molar-refractivity contribution is 0.102. The standard InChI is InChI=1S/C21H25BrN2O4S/c1-14-10-15(2)13-24(12-14)29(26,27)20-11-16(4-9-19(20)28-3)21(25)23-18-7-5-17(22)6-8-18/h4-9,11,14-15H,10,12-13H2,1-3H3,(H,23,25). The summed E-state index contributed by atoms with van der Waals surface area (Å²) in [4.78, 5) is 12.7. The molecular formula is C21H25BrN2O4S. The number of hydrogen-bond acceptors (Lipinski definition) is 4. The fourth-order valence-corrected chi connectivity index (χ4v) is 5.82. The molecule has 3 rings (SSSR count). The number of nitrogens with one attached hydrogen (secondary N) is 1. The van der Waals surface area contributed by atoms with Crippen LogP contribution in [0.25, 0.3) is 0 Å². The molecule has 29 heavy (non-hydrogen) atoms. The van der Waals surface area contributed by atoms with Crippen LogP contribution in [0.2, 0.25) is 0 Å². The topological polar surface area (TPSA) is 75.7 Å². The van der Waals surface area contributed by atoms with Gasteiger partial charge in [-0.25, -0.2) is 8.42 Å². The van der Waals surface area contributed by atoms with Crippen molar-refractivity contribution in [2.75, 3.05) is 25.5 Å². The van der Waals surface area contributed by atoms with E-state index < -0.39 is 10.0 Å². The Balaban J connectivity index is 1.92. The van der Waals surface area contributed by atoms with Crippen molar-refractivity contribution < 1.29 is 17.9 Å². The molecule has 1 aliphatic rings. The van der Waals surface area contributed by atoms with Gasteiger partial charge in [0.25, 0.3) is 5.91 Å². The van der Waals surface area contributed by atoms with Crippen LogP contribution in [0.4, 0.5) is 5.69 Å². The zero-order chi connectivity index (χ0) is 21.2. The lowest BCUT2D eigenvalue weighted by Gasteiger charge is -2.34. The normalized spacial score (nSPS) is 20.3. The summed E-state index contributed by atoms with van der Waals surface area (Å²) in [6.45, 7) is 5.03. The summed E-state index contributed by atoms with van der Waals surface area (Å²) in [5, 5.41) is 2.79. The molecule has 0 spiro atoms. The van der Waals surface area contributed by atoms with Crippen LogP contribution < -0.4 is 10.1 Å². The SMILES string of the molecule is COc1ccc(C(=O)Nc2ccc(Br)cc2)cc1S(=O)(=O)N1CC(C)CC(C)C1. The molecule has 2 unspecified atom stereocenters. The van der Waals surface area contributed by atoms with Crippen molar-refractivity contribution in [1.29, 1.82) is 0 Å². The molecule has 6 nitrogen and oxygen atoms in total. The first kappa shape index (κ1) is 21.8. The molecule has 1 amide bonds. The number of carbonyl (C=O) groups excluding carboxylic acids is 1. The van der Waals surface area contributed by atoms with Crippen molar-refractivity contribution in [1.82, 2.24) is 4.31 Å². The van der Waals surface area contributed by atoms with Gasteiger partial charge in [0.1, 0.15) is 10.6 Å². The first-order chi connectivity index (χ1) is 13.7. The van der Waals surface area contributed by atoms with E-state index in [1.165, 1.54) is 23.5 Å². The maximum atomic E-state index is 13.3. The van der Waals surface area contributed by atoms with E-state index in [2.05, 4.69) is 35.1 Å². The van der Waals surface area contributed by atoms with Crippen molar-refractivity contribution in [3.05, 3.63) is 52.5 Å². The van der Waals surface area contributed by atoms with Gasteiger partial charge in [-0.2, -0.15) is 4.31 Å². The molecule has 2 aromatic carbocycles. The summed E-state index contributed by atoms with van der Waals surface area (Å²) in [6.07, 6.45) is 0.999. The number of ether oxygens (including phenoxy) is 1. The van der Waals surface area contributed by atoms with Crippen molar-refractivity contribution in [3.63, 3.8) is 0 Å². The molecule has 0 bridgehead atoms. The minimum atomic E-state index is -3.78. The average molecular weight is 481 g/mol. The highest BCUT2D eigenvalue weighted by atomic mass is 79.9. The smallest absolute Gasteiger partial charge is 0.255 e. The minimum Gasteiger partial charge on any atom is -0.495 e. The summed E-state index contributed by atoms with van der Waals surface area (Å²) < 4.78 is 34.4. The number of anilines is 1. The van der Waals surface area contributed by atoms with Gasteiger partial charge in [-0.15, -0.1) is 0 Å². The van der Waals surface area contributed by atoms with Crippen molar-refractivity contribution in [2.45, 2.75) is 25.2 Å². The van der Waals surface area contributed by atoms with Gasteiger partial charge < -0.3 is 10.1 Å². The molecule has 0 radical (unpaired) electrons. The zero-order valence-electron chi connectivity index (χ0n) is 16.7. The third-order valence-corrected chi connectivity index (χ3v) is 7.36. The van der Waals surface area contributed by atoms with Gasteiger partial charge in [-0.05, 0) is 60.7 Å². The van der Waals surface area contributed by atoms with Gasteiger partial charge in [0, 0.05) is 28.8 Å². The Hall–Kier alpha value is -1.90. The number of amides is 1. The fraction of sp³-hybridized carbons (Fsp3) is 0.381. The number of rotatable bonds is 5. The number of methoxy groups -OCH3 is 1. The molecule has 0 aromatic heterocycles. The molecule has 2 atom stereocenters. The van der Waals surface area contributed by atoms with Gasteiger partial charge >= 0.3 is 0 Å². The molecular weight excluding hydrogens is 456 g/mol. The van der Waals surface area contributed by atoms with Crippen molar-refractivity contribution >= 4 is 37.5 Å². The second-order valence-electron chi connectivity index (χ2n) is 7.59. The van der Waals surface area contributed by atoms with Gasteiger partial charge in [-0.3, -0.25) is 4.79 Å². The van der Waals surface area contributed by atoms with Crippen LogP contribution in [0.1, 0.15) is 30.6 Å². The molecule has 1 fully saturated rings. The third-order valence-electron chi connectivity index (χ3n) is 4.98. The second-order valence-corrected chi connectivity index (χ2v) is 10.4. The predicted molar refractivity (Wildman–Crippen MR) is 117 cm³/mol. The van der Waals surface area contributed by atoms with E-state index >= 15 is 0 Å². The second kappa shape index (κ2) is 8.85. The van der Waals surface area contributed by atoms with Crippen LogP contribution in [0.15, 0.2) is 51.8 Å². The van der Waals surface area contributed by atoms with Crippen LogP contribution in [0, 0.1) is 11.8 Å². The number of piperidine rings is 1. The minimum absolute atomic E-state index is 0.0183. The zero-order valence-corrected chi connectivity index (χ0v) is 19.1. The summed E-state index contributed by atoms with van der Waals surface area (Å²) in [7, 11) is -2.36. The Morgan fingerprint density at radius 2 is 1.72 bits per heavy atom. The van der Waals surface area contributed by atoms with Crippen LogP contribution in [0.5, 0.6) is 5.75 Å². The summed E-state index contributed by atoms with van der Waals surface area (Å²) >= 11 is 3.35. The lowest BCUT2D eigenvalue weighted by Crippen LogP contribution is -2.42. The van der Waals surface area contributed by atoms with E-state index in [1.54, 1.807) is 18.2 Å². The fourth-order valence-electron chi connectivity index (χ4n) is 3.70. The summed E-state index contributed by atoms with van der Waals surface area (Å²) in [5.74, 6) is 0.412. The maximum Gasteiger partial charge on any atom is 0.255 e. The van der Waals surface area contributed by atoms with E-state index in [4.69, 9.17) is 4.74 Å². The number of hydrogen-bond donors (Lipinski definition) is 1. The van der Waals surface area contributed by atoms with E-state index in [1.807, 2.05) is 12.1 Å². The highest BCUT2D eigenvalue weighted by Crippen LogP contribution is 2.32. The highest BCUT2D eigenvalue weighted by Gasteiger charge is 2.34. The monoisotopic (exact) mass is 480 g/mol. The Morgan fingerprint density at radius 1 is 1.10 bits per heavy atom. The van der Waals surface area contributed by atoms with Crippen molar-refractivity contribution in [2.24, 2.45) is 11.8 Å². The molecule has 156 valence electrons. The van der Waals surface area contributed by atoms with Gasteiger partial charge in [0.15, 0.2) is 0 Å². The number of halogens is 1. The molecule has 0 aliphatic carbocycles. The Kier molecular flexibility index (Phi) is 6.65. The molecule has 1 saturated heterocycles. The number of sulfonamides is 1. The van der Waals surface area contributed by atoms with E-state index in [9.17, 15) is 13.2 Å². The van der Waals surface area contributed by atoms with Gasteiger partial charge in [0.05, 0.1) is 7.11 Å². The molecule has 2 aromatic rings. The van der Waals surface area contributed by atoms with Crippen LogP contribution in [-0.2, 0) is 10.0 Å².